The van der Waals surface area contributed by atoms with E-state index in [1.807, 2.05) is 29.2 Å². The normalized spacial score (nSPS) is 20.5. The summed E-state index contributed by atoms with van der Waals surface area (Å²) in [4.78, 5) is 17.3. The van der Waals surface area contributed by atoms with Crippen molar-refractivity contribution in [2.24, 2.45) is 13.0 Å². The van der Waals surface area contributed by atoms with Crippen molar-refractivity contribution in [3.8, 4) is 5.75 Å². The van der Waals surface area contributed by atoms with Gasteiger partial charge in [0.1, 0.15) is 5.75 Å². The van der Waals surface area contributed by atoms with Crippen LogP contribution in [0.1, 0.15) is 41.7 Å². The van der Waals surface area contributed by atoms with Crippen LogP contribution in [0.25, 0.3) is 0 Å². The van der Waals surface area contributed by atoms with Gasteiger partial charge >= 0.3 is 0 Å². The van der Waals surface area contributed by atoms with Gasteiger partial charge in [0.25, 0.3) is 5.91 Å². The van der Waals surface area contributed by atoms with E-state index in [0.29, 0.717) is 18.1 Å². The summed E-state index contributed by atoms with van der Waals surface area (Å²) in [6.45, 7) is 5.59. The molecule has 150 valence electrons. The number of para-hydroxylation sites is 1. The van der Waals surface area contributed by atoms with E-state index in [1.165, 1.54) is 18.5 Å². The lowest BCUT2D eigenvalue weighted by Gasteiger charge is -2.32. The third-order valence-electron chi connectivity index (χ3n) is 6.03. The van der Waals surface area contributed by atoms with Crippen molar-refractivity contribution >= 4 is 5.91 Å². The molecule has 4 rings (SSSR count). The molecule has 1 aromatic heterocycles. The second-order valence-electron chi connectivity index (χ2n) is 8.16. The molecule has 0 N–H and O–H groups in total. The molecule has 1 atom stereocenters. The monoisotopic (exact) mass is 381 g/mol. The lowest BCUT2D eigenvalue weighted by atomic mass is 9.99. The van der Waals surface area contributed by atoms with Crippen molar-refractivity contribution in [2.45, 2.75) is 32.2 Å². The van der Waals surface area contributed by atoms with Crippen LogP contribution in [0.5, 0.6) is 5.75 Å². The summed E-state index contributed by atoms with van der Waals surface area (Å²) in [5, 5.41) is 0. The maximum absolute atomic E-state index is 12.8. The van der Waals surface area contributed by atoms with E-state index >= 15 is 0 Å². The Balaban J connectivity index is 1.35. The number of hydrogen-bond acceptors (Lipinski definition) is 3. The van der Waals surface area contributed by atoms with Crippen LogP contribution >= 0.6 is 0 Å². The molecule has 28 heavy (non-hydrogen) atoms. The molecule has 2 aromatic rings. The Labute approximate surface area is 167 Å². The fourth-order valence-corrected chi connectivity index (χ4v) is 4.39. The fraction of sp³-hybridized carbons (Fsp3) is 0.522. The second-order valence-corrected chi connectivity index (χ2v) is 8.16. The van der Waals surface area contributed by atoms with Crippen molar-refractivity contribution in [2.75, 3.05) is 32.8 Å². The molecule has 0 aliphatic carbocycles. The highest BCUT2D eigenvalue weighted by molar-refractivity contribution is 5.97. The van der Waals surface area contributed by atoms with Crippen LogP contribution in [0.15, 0.2) is 42.6 Å². The van der Waals surface area contributed by atoms with E-state index < -0.39 is 0 Å². The van der Waals surface area contributed by atoms with Crippen LogP contribution in [0.2, 0.25) is 0 Å². The molecule has 0 saturated carbocycles. The standard InChI is InChI=1S/C23H31N3O2/c1-24-12-7-9-20(24)17-25-13-6-8-19(16-25)18-28-22-11-3-2-10-21(22)23(27)26-14-4-5-15-26/h2-3,7,9-12,19H,4-6,8,13-18H2,1H3. The van der Waals surface area contributed by atoms with Gasteiger partial charge < -0.3 is 14.2 Å². The molecule has 2 fully saturated rings. The highest BCUT2D eigenvalue weighted by atomic mass is 16.5. The Hall–Kier alpha value is -2.27. The Morgan fingerprint density at radius 3 is 2.68 bits per heavy atom. The van der Waals surface area contributed by atoms with Gasteiger partial charge in [-0.15, -0.1) is 0 Å². The first kappa shape index (κ1) is 19.1. The fourth-order valence-electron chi connectivity index (χ4n) is 4.39. The number of carbonyl (C=O) groups excluding carboxylic acids is 1. The molecule has 0 bridgehead atoms. The minimum atomic E-state index is 0.113. The van der Waals surface area contributed by atoms with Crippen LogP contribution in [0.3, 0.4) is 0 Å². The quantitative estimate of drug-likeness (QED) is 0.768. The van der Waals surface area contributed by atoms with E-state index in [9.17, 15) is 4.79 Å². The number of aromatic nitrogens is 1. The zero-order valence-electron chi connectivity index (χ0n) is 16.8. The predicted octanol–water partition coefficient (Wildman–Crippen LogP) is 3.55. The van der Waals surface area contributed by atoms with Gasteiger partial charge in [0.15, 0.2) is 0 Å². The third kappa shape index (κ3) is 4.41. The highest BCUT2D eigenvalue weighted by Gasteiger charge is 2.24. The average molecular weight is 382 g/mol. The summed E-state index contributed by atoms with van der Waals surface area (Å²) >= 11 is 0. The molecule has 0 radical (unpaired) electrons. The number of likely N-dealkylation sites (tertiary alicyclic amines) is 2. The van der Waals surface area contributed by atoms with Crippen LogP contribution < -0.4 is 4.74 Å². The van der Waals surface area contributed by atoms with Crippen molar-refractivity contribution in [3.63, 3.8) is 0 Å². The number of amides is 1. The lowest BCUT2D eigenvalue weighted by molar-refractivity contribution is 0.0784. The Bertz CT molecular complexity index is 795. The number of aryl methyl sites for hydroxylation is 1. The van der Waals surface area contributed by atoms with Gasteiger partial charge in [0.05, 0.1) is 12.2 Å². The van der Waals surface area contributed by atoms with Gasteiger partial charge in [0.2, 0.25) is 0 Å². The number of rotatable bonds is 6. The molecular weight excluding hydrogens is 350 g/mol. The van der Waals surface area contributed by atoms with Gasteiger partial charge in [-0.1, -0.05) is 12.1 Å². The molecule has 2 saturated heterocycles. The second kappa shape index (κ2) is 8.82. The van der Waals surface area contributed by atoms with Gasteiger partial charge in [-0.05, 0) is 56.5 Å². The number of hydrogen-bond donors (Lipinski definition) is 0. The number of piperidine rings is 1. The summed E-state index contributed by atoms with van der Waals surface area (Å²) in [6, 6.07) is 12.0. The first-order valence-corrected chi connectivity index (χ1v) is 10.5. The van der Waals surface area contributed by atoms with E-state index in [4.69, 9.17) is 4.74 Å². The van der Waals surface area contributed by atoms with Crippen molar-refractivity contribution in [1.82, 2.24) is 14.4 Å². The maximum atomic E-state index is 12.8. The smallest absolute Gasteiger partial charge is 0.257 e. The highest BCUT2D eigenvalue weighted by Crippen LogP contribution is 2.25. The summed E-state index contributed by atoms with van der Waals surface area (Å²) in [7, 11) is 2.11. The Morgan fingerprint density at radius 2 is 1.89 bits per heavy atom. The molecule has 0 spiro atoms. The van der Waals surface area contributed by atoms with Gasteiger partial charge in [-0.25, -0.2) is 0 Å². The van der Waals surface area contributed by atoms with Crippen LogP contribution in [-0.2, 0) is 13.6 Å². The van der Waals surface area contributed by atoms with E-state index in [0.717, 1.165) is 51.3 Å². The van der Waals surface area contributed by atoms with E-state index in [-0.39, 0.29) is 5.91 Å². The van der Waals surface area contributed by atoms with Gasteiger partial charge in [0, 0.05) is 51.0 Å². The van der Waals surface area contributed by atoms with Crippen molar-refractivity contribution in [3.05, 3.63) is 53.9 Å². The summed E-state index contributed by atoms with van der Waals surface area (Å²) in [6.07, 6.45) is 6.70. The van der Waals surface area contributed by atoms with Crippen molar-refractivity contribution < 1.29 is 9.53 Å². The largest absolute Gasteiger partial charge is 0.492 e. The molecule has 1 unspecified atom stereocenters. The molecule has 1 amide bonds. The van der Waals surface area contributed by atoms with Crippen LogP contribution in [-0.4, -0.2) is 53.1 Å². The summed E-state index contributed by atoms with van der Waals surface area (Å²) < 4.78 is 8.38. The number of nitrogens with zero attached hydrogens (tertiary/aromatic N) is 3. The lowest BCUT2D eigenvalue weighted by Crippen LogP contribution is -2.37. The topological polar surface area (TPSA) is 37.7 Å². The van der Waals surface area contributed by atoms with Gasteiger partial charge in [-0.3, -0.25) is 9.69 Å². The number of ether oxygens (including phenoxy) is 1. The zero-order valence-corrected chi connectivity index (χ0v) is 16.8. The minimum Gasteiger partial charge on any atom is -0.492 e. The average Bonchev–Trinajstić information content (AvgIpc) is 3.39. The summed E-state index contributed by atoms with van der Waals surface area (Å²) in [5.74, 6) is 1.35. The molecule has 3 heterocycles. The third-order valence-corrected chi connectivity index (χ3v) is 6.03. The SMILES string of the molecule is Cn1cccc1CN1CCCC(COc2ccccc2C(=O)N2CCCC2)C1. The Morgan fingerprint density at radius 1 is 1.07 bits per heavy atom. The predicted molar refractivity (Wildman–Crippen MR) is 110 cm³/mol. The zero-order chi connectivity index (χ0) is 19.3. The summed E-state index contributed by atoms with van der Waals surface area (Å²) in [5.41, 5.74) is 2.06. The molecule has 1 aromatic carbocycles. The van der Waals surface area contributed by atoms with E-state index in [1.54, 1.807) is 0 Å². The van der Waals surface area contributed by atoms with E-state index in [2.05, 4.69) is 34.8 Å². The minimum absolute atomic E-state index is 0.113. The molecular formula is C23H31N3O2. The van der Waals surface area contributed by atoms with Crippen LogP contribution in [0.4, 0.5) is 0 Å². The maximum Gasteiger partial charge on any atom is 0.257 e. The van der Waals surface area contributed by atoms with Crippen LogP contribution in [0, 0.1) is 5.92 Å². The molecule has 5 nitrogen and oxygen atoms in total. The Kier molecular flexibility index (Phi) is 6.01. The van der Waals surface area contributed by atoms with Crippen molar-refractivity contribution in [1.29, 1.82) is 0 Å². The first-order valence-electron chi connectivity index (χ1n) is 10.5. The molecule has 2 aliphatic rings. The first-order chi connectivity index (χ1) is 13.7. The number of benzene rings is 1. The number of carbonyl (C=O) groups is 1. The van der Waals surface area contributed by atoms with Gasteiger partial charge in [-0.2, -0.15) is 0 Å². The molecule has 5 heteroatoms. The molecule has 2 aliphatic heterocycles.